The minimum absolute atomic E-state index is 0.117. The molecule has 7 heteroatoms. The number of fused-ring (bicyclic) bond motifs is 1. The number of carbonyl (C=O) groups is 1. The second-order valence-corrected chi connectivity index (χ2v) is 7.73. The van der Waals surface area contributed by atoms with Crippen LogP contribution in [0.15, 0.2) is 64.8 Å². The summed E-state index contributed by atoms with van der Waals surface area (Å²) in [7, 11) is 0. The van der Waals surface area contributed by atoms with Gasteiger partial charge < -0.3 is 0 Å². The van der Waals surface area contributed by atoms with E-state index in [2.05, 4.69) is 10.5 Å². The van der Waals surface area contributed by atoms with Crippen LogP contribution in [0.4, 0.5) is 0 Å². The number of nitrogens with zero attached hydrogens (tertiary/aromatic N) is 2. The average Bonchev–Trinajstić information content (AvgIpc) is 3.12. The Balaban J connectivity index is 1.74. The average molecular weight is 410 g/mol. The summed E-state index contributed by atoms with van der Waals surface area (Å²) >= 11 is 7.43. The summed E-state index contributed by atoms with van der Waals surface area (Å²) in [5, 5.41) is 8.32. The molecule has 2 aromatic heterocycles. The summed E-state index contributed by atoms with van der Waals surface area (Å²) in [6, 6.07) is 16.3. The summed E-state index contributed by atoms with van der Waals surface area (Å²) in [5.41, 5.74) is 4.79. The normalized spacial score (nSPS) is 10.9. The van der Waals surface area contributed by atoms with Crippen molar-refractivity contribution in [3.63, 3.8) is 0 Å². The fourth-order valence-corrected chi connectivity index (χ4v) is 4.04. The van der Waals surface area contributed by atoms with Gasteiger partial charge in [0.1, 0.15) is 5.69 Å². The topological polar surface area (TPSA) is 64.0 Å². The van der Waals surface area contributed by atoms with Crippen molar-refractivity contribution in [1.82, 2.24) is 9.89 Å². The van der Waals surface area contributed by atoms with Crippen molar-refractivity contribution >= 4 is 39.6 Å². The molecular weight excluding hydrogens is 394 g/mol. The highest BCUT2D eigenvalue weighted by atomic mass is 35.5. The molecule has 0 unspecified atom stereocenters. The van der Waals surface area contributed by atoms with Crippen LogP contribution < -0.4 is 11.0 Å². The van der Waals surface area contributed by atoms with E-state index in [4.69, 9.17) is 11.6 Å². The molecule has 0 atom stereocenters. The van der Waals surface area contributed by atoms with Gasteiger partial charge in [-0.2, -0.15) is 0 Å². The zero-order chi connectivity index (χ0) is 19.7. The molecule has 0 bridgehead atoms. The summed E-state index contributed by atoms with van der Waals surface area (Å²) in [4.78, 5) is 27.3. The van der Waals surface area contributed by atoms with Crippen molar-refractivity contribution in [3.05, 3.63) is 86.5 Å². The fraction of sp³-hybridized carbons (Fsp3) is 0.0952. The molecular formula is C21H16ClN3O2S. The van der Waals surface area contributed by atoms with E-state index < -0.39 is 0 Å². The van der Waals surface area contributed by atoms with Gasteiger partial charge in [-0.3, -0.25) is 9.59 Å². The predicted octanol–water partition coefficient (Wildman–Crippen LogP) is 4.40. The molecule has 2 aromatic carbocycles. The first-order valence-corrected chi connectivity index (χ1v) is 9.89. The first-order valence-electron chi connectivity index (χ1n) is 8.64. The number of thiophene rings is 1. The molecule has 0 aliphatic rings. The molecule has 5 nitrogen and oxygen atoms in total. The maximum atomic E-state index is 12.8. The molecule has 0 aliphatic heterocycles. The number of halogens is 1. The molecule has 0 aliphatic carbocycles. The van der Waals surface area contributed by atoms with Gasteiger partial charge in [0, 0.05) is 10.4 Å². The van der Waals surface area contributed by atoms with Gasteiger partial charge in [0.2, 0.25) is 5.91 Å². The summed E-state index contributed by atoms with van der Waals surface area (Å²) in [6.07, 6.45) is 0.117. The SMILES string of the molecule is Cc1ccsc1-c1nn(NC(=O)Cc2ccc(Cl)cc2)c(=O)c2ccccc12. The first-order chi connectivity index (χ1) is 13.5. The van der Waals surface area contributed by atoms with Gasteiger partial charge in [0.15, 0.2) is 0 Å². The third-order valence-corrected chi connectivity index (χ3v) is 5.67. The fourth-order valence-electron chi connectivity index (χ4n) is 2.99. The summed E-state index contributed by atoms with van der Waals surface area (Å²) in [6.45, 7) is 2.00. The van der Waals surface area contributed by atoms with E-state index in [-0.39, 0.29) is 17.9 Å². The van der Waals surface area contributed by atoms with Gasteiger partial charge in [-0.25, -0.2) is 5.43 Å². The molecule has 0 radical (unpaired) electrons. The van der Waals surface area contributed by atoms with Crippen LogP contribution in [-0.2, 0) is 11.2 Å². The van der Waals surface area contributed by atoms with Crippen molar-refractivity contribution in [1.29, 1.82) is 0 Å². The molecule has 140 valence electrons. The minimum Gasteiger partial charge on any atom is -0.273 e. The summed E-state index contributed by atoms with van der Waals surface area (Å²) in [5.74, 6) is -0.332. The van der Waals surface area contributed by atoms with Crippen LogP contribution >= 0.6 is 22.9 Å². The number of nitrogens with one attached hydrogen (secondary N) is 1. The van der Waals surface area contributed by atoms with Gasteiger partial charge in [0.25, 0.3) is 5.56 Å². The Kier molecular flexibility index (Phi) is 4.98. The van der Waals surface area contributed by atoms with Crippen molar-refractivity contribution in [3.8, 4) is 10.6 Å². The molecule has 1 amide bonds. The number of amides is 1. The maximum Gasteiger partial charge on any atom is 0.294 e. The van der Waals surface area contributed by atoms with E-state index in [1.165, 1.54) is 0 Å². The second-order valence-electron chi connectivity index (χ2n) is 6.38. The lowest BCUT2D eigenvalue weighted by Crippen LogP contribution is -2.36. The van der Waals surface area contributed by atoms with Crippen molar-refractivity contribution in [2.24, 2.45) is 0 Å². The van der Waals surface area contributed by atoms with Crippen molar-refractivity contribution < 1.29 is 4.79 Å². The van der Waals surface area contributed by atoms with E-state index in [1.807, 2.05) is 30.5 Å². The van der Waals surface area contributed by atoms with E-state index in [0.717, 1.165) is 26.2 Å². The number of benzene rings is 2. The first kappa shape index (κ1) is 18.4. The highest BCUT2D eigenvalue weighted by Crippen LogP contribution is 2.31. The van der Waals surface area contributed by atoms with Gasteiger partial charge in [-0.15, -0.1) is 21.2 Å². The smallest absolute Gasteiger partial charge is 0.273 e. The third-order valence-electron chi connectivity index (χ3n) is 4.39. The van der Waals surface area contributed by atoms with Crippen molar-refractivity contribution in [2.75, 3.05) is 5.43 Å². The lowest BCUT2D eigenvalue weighted by Gasteiger charge is -2.12. The zero-order valence-electron chi connectivity index (χ0n) is 15.0. The van der Waals surface area contributed by atoms with Gasteiger partial charge in [-0.1, -0.05) is 41.9 Å². The molecule has 0 fully saturated rings. The standard InChI is InChI=1S/C21H16ClN3O2S/c1-13-10-11-28-20(13)19-16-4-2-3-5-17(16)21(27)25(24-19)23-18(26)12-14-6-8-15(22)9-7-14/h2-11H,12H2,1H3,(H,23,26). The van der Waals surface area contributed by atoms with Crippen LogP contribution in [0.5, 0.6) is 0 Å². The molecule has 0 saturated carbocycles. The van der Waals surface area contributed by atoms with Gasteiger partial charge in [-0.05, 0) is 47.7 Å². The highest BCUT2D eigenvalue weighted by molar-refractivity contribution is 7.13. The molecule has 4 aromatic rings. The number of rotatable bonds is 4. The van der Waals surface area contributed by atoms with Crippen LogP contribution in [-0.4, -0.2) is 15.8 Å². The molecule has 28 heavy (non-hydrogen) atoms. The number of carbonyl (C=O) groups excluding carboxylic acids is 1. The number of hydrogen-bond donors (Lipinski definition) is 1. The van der Waals surface area contributed by atoms with Crippen LogP contribution in [0, 0.1) is 6.92 Å². The molecule has 0 spiro atoms. The van der Waals surface area contributed by atoms with E-state index >= 15 is 0 Å². The number of aryl methyl sites for hydroxylation is 1. The van der Waals surface area contributed by atoms with Crippen LogP contribution in [0.3, 0.4) is 0 Å². The van der Waals surface area contributed by atoms with Crippen molar-refractivity contribution in [2.45, 2.75) is 13.3 Å². The lowest BCUT2D eigenvalue weighted by molar-refractivity contribution is -0.116. The Morgan fingerprint density at radius 3 is 2.50 bits per heavy atom. The van der Waals surface area contributed by atoms with Crippen LogP contribution in [0.2, 0.25) is 5.02 Å². The highest BCUT2D eigenvalue weighted by Gasteiger charge is 2.16. The molecule has 1 N–H and O–H groups in total. The quantitative estimate of drug-likeness (QED) is 0.543. The Morgan fingerprint density at radius 2 is 1.82 bits per heavy atom. The third kappa shape index (κ3) is 3.56. The number of aromatic nitrogens is 2. The Hall–Kier alpha value is -2.96. The molecule has 4 rings (SSSR count). The van der Waals surface area contributed by atoms with Gasteiger partial charge in [0.05, 0.1) is 16.7 Å². The van der Waals surface area contributed by atoms with E-state index in [0.29, 0.717) is 16.1 Å². The van der Waals surface area contributed by atoms with Crippen LogP contribution in [0.1, 0.15) is 11.1 Å². The predicted molar refractivity (Wildman–Crippen MR) is 114 cm³/mol. The van der Waals surface area contributed by atoms with E-state index in [9.17, 15) is 9.59 Å². The van der Waals surface area contributed by atoms with Crippen LogP contribution in [0.25, 0.3) is 21.3 Å². The molecule has 0 saturated heterocycles. The zero-order valence-corrected chi connectivity index (χ0v) is 16.6. The second kappa shape index (κ2) is 7.58. The monoisotopic (exact) mass is 409 g/mol. The Bertz CT molecular complexity index is 1230. The Labute approximate surface area is 170 Å². The van der Waals surface area contributed by atoms with Gasteiger partial charge >= 0.3 is 0 Å². The lowest BCUT2D eigenvalue weighted by atomic mass is 10.1. The minimum atomic E-state index is -0.363. The molecule has 2 heterocycles. The Morgan fingerprint density at radius 1 is 1.11 bits per heavy atom. The van der Waals surface area contributed by atoms with E-state index in [1.54, 1.807) is 47.7 Å². The summed E-state index contributed by atoms with van der Waals surface area (Å²) < 4.78 is 0. The maximum absolute atomic E-state index is 12.8. The number of hydrogen-bond acceptors (Lipinski definition) is 4. The largest absolute Gasteiger partial charge is 0.294 e.